The molecule has 1 aliphatic rings. The third-order valence-corrected chi connectivity index (χ3v) is 2.80. The Morgan fingerprint density at radius 2 is 2.13 bits per heavy atom. The van der Waals surface area contributed by atoms with E-state index >= 15 is 0 Å². The molecule has 0 aromatic rings. The van der Waals surface area contributed by atoms with Crippen molar-refractivity contribution in [3.05, 3.63) is 0 Å². The van der Waals surface area contributed by atoms with Crippen molar-refractivity contribution in [3.63, 3.8) is 0 Å². The van der Waals surface area contributed by atoms with Crippen LogP contribution in [0.15, 0.2) is 0 Å². The molecule has 15 heavy (non-hydrogen) atoms. The van der Waals surface area contributed by atoms with Crippen molar-refractivity contribution in [3.8, 4) is 0 Å². The Morgan fingerprint density at radius 3 is 2.73 bits per heavy atom. The first kappa shape index (κ1) is 12.5. The largest absolute Gasteiger partial charge is 0.389 e. The number of nitrogens with one attached hydrogen (secondary N) is 1. The fraction of sp³-hybridized carbons (Fsp3) is 0.909. The Labute approximate surface area is 91.0 Å². The van der Waals surface area contributed by atoms with Crippen molar-refractivity contribution in [1.29, 1.82) is 0 Å². The third kappa shape index (κ3) is 4.62. The van der Waals surface area contributed by atoms with E-state index in [0.717, 1.165) is 25.7 Å². The second-order valence-electron chi connectivity index (χ2n) is 4.16. The molecule has 0 saturated heterocycles. The molecule has 1 rings (SSSR count). The van der Waals surface area contributed by atoms with Gasteiger partial charge in [-0.3, -0.25) is 4.79 Å². The molecule has 0 radical (unpaired) electrons. The van der Waals surface area contributed by atoms with E-state index in [1.165, 1.54) is 0 Å². The predicted octanol–water partition coefficient (Wildman–Crippen LogP) is 0.834. The molecule has 1 fully saturated rings. The first-order valence-corrected chi connectivity index (χ1v) is 5.73. The van der Waals surface area contributed by atoms with Crippen LogP contribution in [0, 0.1) is 0 Å². The maximum absolute atomic E-state index is 11.4. The van der Waals surface area contributed by atoms with Crippen LogP contribution in [-0.4, -0.2) is 36.4 Å². The number of amides is 1. The molecular formula is C11H21NO3. The molecule has 0 heterocycles. The van der Waals surface area contributed by atoms with Gasteiger partial charge in [-0.2, -0.15) is 0 Å². The summed E-state index contributed by atoms with van der Waals surface area (Å²) < 4.78 is 5.10. The number of hydrogen-bond donors (Lipinski definition) is 2. The van der Waals surface area contributed by atoms with Crippen molar-refractivity contribution in [2.24, 2.45) is 0 Å². The van der Waals surface area contributed by atoms with Gasteiger partial charge in [-0.1, -0.05) is 12.8 Å². The summed E-state index contributed by atoms with van der Waals surface area (Å²) in [7, 11) is 0. The molecular weight excluding hydrogens is 194 g/mol. The minimum Gasteiger partial charge on any atom is -0.389 e. The molecule has 0 aliphatic heterocycles. The van der Waals surface area contributed by atoms with Gasteiger partial charge in [0.2, 0.25) is 5.91 Å². The predicted molar refractivity (Wildman–Crippen MR) is 57.5 cm³/mol. The van der Waals surface area contributed by atoms with Crippen molar-refractivity contribution >= 4 is 5.91 Å². The highest BCUT2D eigenvalue weighted by atomic mass is 16.5. The van der Waals surface area contributed by atoms with Gasteiger partial charge < -0.3 is 15.2 Å². The second kappa shape index (κ2) is 6.08. The van der Waals surface area contributed by atoms with E-state index in [1.807, 2.05) is 6.92 Å². The molecule has 4 nitrogen and oxygen atoms in total. The van der Waals surface area contributed by atoms with Crippen molar-refractivity contribution in [2.45, 2.75) is 44.6 Å². The first-order valence-electron chi connectivity index (χ1n) is 5.73. The molecule has 2 N–H and O–H groups in total. The van der Waals surface area contributed by atoms with Gasteiger partial charge in [-0.05, 0) is 19.8 Å². The van der Waals surface area contributed by atoms with Crippen LogP contribution >= 0.6 is 0 Å². The lowest BCUT2D eigenvalue weighted by molar-refractivity contribution is -0.126. The lowest BCUT2D eigenvalue weighted by atomic mass is 9.98. The van der Waals surface area contributed by atoms with Crippen LogP contribution < -0.4 is 5.32 Å². The van der Waals surface area contributed by atoms with E-state index in [-0.39, 0.29) is 12.3 Å². The van der Waals surface area contributed by atoms with Gasteiger partial charge in [0, 0.05) is 13.2 Å². The molecule has 88 valence electrons. The van der Waals surface area contributed by atoms with Gasteiger partial charge in [-0.15, -0.1) is 0 Å². The zero-order valence-corrected chi connectivity index (χ0v) is 9.42. The van der Waals surface area contributed by atoms with Crippen LogP contribution in [0.4, 0.5) is 0 Å². The molecule has 0 bridgehead atoms. The van der Waals surface area contributed by atoms with E-state index in [0.29, 0.717) is 19.8 Å². The SMILES string of the molecule is CCOCCNC(=O)CC1(O)CCCC1. The van der Waals surface area contributed by atoms with E-state index in [9.17, 15) is 9.90 Å². The Kier molecular flexibility index (Phi) is 5.05. The van der Waals surface area contributed by atoms with Gasteiger partial charge >= 0.3 is 0 Å². The molecule has 1 amide bonds. The van der Waals surface area contributed by atoms with E-state index in [4.69, 9.17) is 4.74 Å². The molecule has 0 atom stereocenters. The standard InChI is InChI=1S/C11H21NO3/c1-2-15-8-7-12-10(13)9-11(14)5-3-4-6-11/h14H,2-9H2,1H3,(H,12,13). The Hall–Kier alpha value is -0.610. The molecule has 4 heteroatoms. The molecule has 1 aliphatic carbocycles. The molecule has 0 aromatic heterocycles. The summed E-state index contributed by atoms with van der Waals surface area (Å²) in [6.07, 6.45) is 3.81. The van der Waals surface area contributed by atoms with Crippen LogP contribution in [-0.2, 0) is 9.53 Å². The zero-order valence-electron chi connectivity index (χ0n) is 9.42. The maximum Gasteiger partial charge on any atom is 0.222 e. The van der Waals surface area contributed by atoms with Crippen molar-refractivity contribution < 1.29 is 14.6 Å². The normalized spacial score (nSPS) is 19.1. The molecule has 0 spiro atoms. The minimum absolute atomic E-state index is 0.0703. The Balaban J connectivity index is 2.12. The number of ether oxygens (including phenoxy) is 1. The fourth-order valence-electron chi connectivity index (χ4n) is 1.98. The monoisotopic (exact) mass is 215 g/mol. The average molecular weight is 215 g/mol. The third-order valence-electron chi connectivity index (χ3n) is 2.80. The van der Waals surface area contributed by atoms with Crippen molar-refractivity contribution in [2.75, 3.05) is 19.8 Å². The van der Waals surface area contributed by atoms with Crippen molar-refractivity contribution in [1.82, 2.24) is 5.32 Å². The van der Waals surface area contributed by atoms with Crippen LogP contribution in [0.2, 0.25) is 0 Å². The topological polar surface area (TPSA) is 58.6 Å². The summed E-state index contributed by atoms with van der Waals surface area (Å²) in [5.74, 6) is -0.0703. The van der Waals surface area contributed by atoms with E-state index in [1.54, 1.807) is 0 Å². The minimum atomic E-state index is -0.740. The number of carbonyl (C=O) groups excluding carboxylic acids is 1. The highest BCUT2D eigenvalue weighted by Gasteiger charge is 2.33. The quantitative estimate of drug-likeness (QED) is 0.645. The lowest BCUT2D eigenvalue weighted by Gasteiger charge is -2.21. The van der Waals surface area contributed by atoms with Crippen LogP contribution in [0.25, 0.3) is 0 Å². The summed E-state index contributed by atoms with van der Waals surface area (Å²) in [4.78, 5) is 11.4. The number of aliphatic hydroxyl groups is 1. The number of rotatable bonds is 6. The Morgan fingerprint density at radius 1 is 1.47 bits per heavy atom. The summed E-state index contributed by atoms with van der Waals surface area (Å²) in [6, 6.07) is 0. The van der Waals surface area contributed by atoms with E-state index < -0.39 is 5.60 Å². The van der Waals surface area contributed by atoms with Crippen LogP contribution in [0.1, 0.15) is 39.0 Å². The molecule has 0 unspecified atom stereocenters. The van der Waals surface area contributed by atoms with Crippen LogP contribution in [0.5, 0.6) is 0 Å². The van der Waals surface area contributed by atoms with Crippen LogP contribution in [0.3, 0.4) is 0 Å². The van der Waals surface area contributed by atoms with Gasteiger partial charge in [0.05, 0.1) is 18.6 Å². The summed E-state index contributed by atoms with van der Waals surface area (Å²) >= 11 is 0. The Bertz CT molecular complexity index is 200. The highest BCUT2D eigenvalue weighted by Crippen LogP contribution is 2.31. The number of hydrogen-bond acceptors (Lipinski definition) is 3. The first-order chi connectivity index (χ1) is 7.16. The van der Waals surface area contributed by atoms with Gasteiger partial charge in [0.25, 0.3) is 0 Å². The van der Waals surface area contributed by atoms with Gasteiger partial charge in [0.15, 0.2) is 0 Å². The molecule has 0 aromatic carbocycles. The number of carbonyl (C=O) groups is 1. The second-order valence-corrected chi connectivity index (χ2v) is 4.16. The highest BCUT2D eigenvalue weighted by molar-refractivity contribution is 5.77. The van der Waals surface area contributed by atoms with Gasteiger partial charge in [-0.25, -0.2) is 0 Å². The summed E-state index contributed by atoms with van der Waals surface area (Å²) in [6.45, 7) is 3.66. The molecule has 1 saturated carbocycles. The zero-order chi connectivity index (χ0) is 11.1. The average Bonchev–Trinajstić information content (AvgIpc) is 2.59. The summed E-state index contributed by atoms with van der Waals surface area (Å²) in [5.41, 5.74) is -0.740. The van der Waals surface area contributed by atoms with Gasteiger partial charge in [0.1, 0.15) is 0 Å². The summed E-state index contributed by atoms with van der Waals surface area (Å²) in [5, 5.41) is 12.7. The fourth-order valence-corrected chi connectivity index (χ4v) is 1.98. The van der Waals surface area contributed by atoms with E-state index in [2.05, 4.69) is 5.32 Å². The maximum atomic E-state index is 11.4. The smallest absolute Gasteiger partial charge is 0.222 e. The lowest BCUT2D eigenvalue weighted by Crippen LogP contribution is -2.36.